The number of benzene rings is 2. The summed E-state index contributed by atoms with van der Waals surface area (Å²) in [7, 11) is 0. The molecule has 0 radical (unpaired) electrons. The molecule has 2 aromatic carbocycles. The largest absolute Gasteiger partial charge is 0.438 e. The second kappa shape index (κ2) is 6.30. The molecule has 6 nitrogen and oxygen atoms in total. The van der Waals surface area contributed by atoms with Crippen molar-refractivity contribution in [1.82, 2.24) is 0 Å². The average Bonchev–Trinajstić information content (AvgIpc) is 2.53. The zero-order valence-electron chi connectivity index (χ0n) is 10.8. The summed E-state index contributed by atoms with van der Waals surface area (Å²) in [5, 5.41) is 19.8. The molecule has 6 heteroatoms. The lowest BCUT2D eigenvalue weighted by atomic mass is 10.1. The average molecular weight is 282 g/mol. The Morgan fingerprint density at radius 2 is 1.90 bits per heavy atom. The van der Waals surface area contributed by atoms with Crippen molar-refractivity contribution in [2.75, 3.05) is 0 Å². The number of esters is 1. The predicted octanol–water partition coefficient (Wildman–Crippen LogP) is 3.02. The van der Waals surface area contributed by atoms with Crippen molar-refractivity contribution >= 4 is 11.7 Å². The molecular weight excluding hydrogens is 272 g/mol. The molecule has 21 heavy (non-hydrogen) atoms. The first-order chi connectivity index (χ1) is 10.1. The zero-order valence-corrected chi connectivity index (χ0v) is 10.8. The lowest BCUT2D eigenvalue weighted by Crippen LogP contribution is -2.10. The quantitative estimate of drug-likeness (QED) is 0.488. The number of rotatable bonds is 4. The first kappa shape index (κ1) is 14.2. The molecule has 0 saturated heterocycles. The highest BCUT2D eigenvalue weighted by molar-refractivity contribution is 5.89. The first-order valence-electron chi connectivity index (χ1n) is 6.02. The number of hydrogen-bond acceptors (Lipinski definition) is 5. The fourth-order valence-corrected chi connectivity index (χ4v) is 1.72. The van der Waals surface area contributed by atoms with E-state index in [1.165, 1.54) is 24.3 Å². The number of ether oxygens (including phenoxy) is 1. The van der Waals surface area contributed by atoms with E-state index in [4.69, 9.17) is 10.00 Å². The number of hydrogen-bond donors (Lipinski definition) is 0. The summed E-state index contributed by atoms with van der Waals surface area (Å²) in [5.74, 6) is -0.659. The Hall–Kier alpha value is -3.20. The van der Waals surface area contributed by atoms with E-state index >= 15 is 0 Å². The minimum absolute atomic E-state index is 0.163. The van der Waals surface area contributed by atoms with Gasteiger partial charge in [0.05, 0.1) is 10.5 Å². The van der Waals surface area contributed by atoms with Gasteiger partial charge in [-0.2, -0.15) is 5.26 Å². The third-order valence-corrected chi connectivity index (χ3v) is 2.74. The Kier molecular flexibility index (Phi) is 4.26. The van der Waals surface area contributed by atoms with Gasteiger partial charge in [0.2, 0.25) is 6.10 Å². The molecule has 1 atom stereocenters. The Morgan fingerprint density at radius 3 is 2.52 bits per heavy atom. The van der Waals surface area contributed by atoms with Gasteiger partial charge in [-0.15, -0.1) is 0 Å². The van der Waals surface area contributed by atoms with Crippen molar-refractivity contribution < 1.29 is 14.5 Å². The third-order valence-electron chi connectivity index (χ3n) is 2.74. The number of nitriles is 1. The highest BCUT2D eigenvalue weighted by Gasteiger charge is 2.19. The van der Waals surface area contributed by atoms with Gasteiger partial charge in [0.25, 0.3) is 5.69 Å². The molecule has 0 fully saturated rings. The smallest absolute Gasteiger partial charge is 0.339 e. The number of nitrogens with zero attached hydrogens (tertiary/aromatic N) is 2. The summed E-state index contributed by atoms with van der Waals surface area (Å²) in [5.41, 5.74) is 0.405. The minimum atomic E-state index is -1.20. The van der Waals surface area contributed by atoms with Gasteiger partial charge in [-0.1, -0.05) is 30.3 Å². The minimum Gasteiger partial charge on any atom is -0.438 e. The van der Waals surface area contributed by atoms with Gasteiger partial charge in [0.1, 0.15) is 6.07 Å². The van der Waals surface area contributed by atoms with Gasteiger partial charge in [-0.3, -0.25) is 10.1 Å². The van der Waals surface area contributed by atoms with E-state index in [2.05, 4.69) is 0 Å². The molecule has 0 amide bonds. The molecule has 0 saturated carbocycles. The van der Waals surface area contributed by atoms with Crippen LogP contribution in [0.25, 0.3) is 0 Å². The molecule has 0 aliphatic carbocycles. The molecule has 0 bridgehead atoms. The van der Waals surface area contributed by atoms with Crippen LogP contribution in [-0.4, -0.2) is 10.9 Å². The van der Waals surface area contributed by atoms with E-state index < -0.39 is 17.0 Å². The Labute approximate surface area is 120 Å². The summed E-state index contributed by atoms with van der Waals surface area (Å²) < 4.78 is 5.08. The lowest BCUT2D eigenvalue weighted by molar-refractivity contribution is -0.385. The van der Waals surface area contributed by atoms with E-state index in [-0.39, 0.29) is 11.3 Å². The molecule has 0 aromatic heterocycles. The predicted molar refractivity (Wildman–Crippen MR) is 73.3 cm³/mol. The molecule has 0 unspecified atom stereocenters. The van der Waals surface area contributed by atoms with Gasteiger partial charge in [0.15, 0.2) is 0 Å². The monoisotopic (exact) mass is 282 g/mol. The van der Waals surface area contributed by atoms with Gasteiger partial charge in [0, 0.05) is 17.7 Å². The van der Waals surface area contributed by atoms with Crippen molar-refractivity contribution in [3.8, 4) is 6.07 Å². The van der Waals surface area contributed by atoms with Crippen LogP contribution in [0.3, 0.4) is 0 Å². The van der Waals surface area contributed by atoms with Gasteiger partial charge >= 0.3 is 5.97 Å². The van der Waals surface area contributed by atoms with Crippen molar-refractivity contribution in [3.05, 3.63) is 75.8 Å². The molecule has 0 aliphatic heterocycles. The third kappa shape index (κ3) is 3.42. The van der Waals surface area contributed by atoms with Crippen LogP contribution in [0.5, 0.6) is 0 Å². The summed E-state index contributed by atoms with van der Waals surface area (Å²) in [6.07, 6.45) is -1.20. The maximum atomic E-state index is 11.9. The number of nitro groups is 1. The van der Waals surface area contributed by atoms with Gasteiger partial charge in [-0.05, 0) is 12.1 Å². The fourth-order valence-electron chi connectivity index (χ4n) is 1.72. The molecular formula is C15H10N2O4. The Balaban J connectivity index is 2.21. The van der Waals surface area contributed by atoms with Crippen LogP contribution in [0.15, 0.2) is 54.6 Å². The summed E-state index contributed by atoms with van der Waals surface area (Å²) in [6, 6.07) is 15.5. The highest BCUT2D eigenvalue weighted by atomic mass is 16.6. The number of carbonyl (C=O) groups is 1. The zero-order chi connectivity index (χ0) is 15.2. The molecule has 2 aromatic rings. The SMILES string of the molecule is N#C[C@H](OC(=O)c1ccccc1)c1cccc([N+](=O)[O-])c1. The molecule has 2 rings (SSSR count). The van der Waals surface area contributed by atoms with Crippen molar-refractivity contribution in [2.24, 2.45) is 0 Å². The number of non-ortho nitro benzene ring substituents is 1. The van der Waals surface area contributed by atoms with Crippen LogP contribution in [0.1, 0.15) is 22.0 Å². The fraction of sp³-hybridized carbons (Fsp3) is 0.0667. The standard InChI is InChI=1S/C15H10N2O4/c16-10-14(12-7-4-8-13(9-12)17(19)20)21-15(18)11-5-2-1-3-6-11/h1-9,14H/t14-/m0/s1. The maximum absolute atomic E-state index is 11.9. The first-order valence-corrected chi connectivity index (χ1v) is 6.02. The second-order valence-corrected chi connectivity index (χ2v) is 4.13. The van der Waals surface area contributed by atoms with E-state index in [0.29, 0.717) is 5.56 Å². The molecule has 0 heterocycles. The van der Waals surface area contributed by atoms with E-state index in [1.54, 1.807) is 30.3 Å². The van der Waals surface area contributed by atoms with Gasteiger partial charge in [-0.25, -0.2) is 4.79 Å². The van der Waals surface area contributed by atoms with Crippen LogP contribution < -0.4 is 0 Å². The van der Waals surface area contributed by atoms with Gasteiger partial charge < -0.3 is 4.74 Å². The second-order valence-electron chi connectivity index (χ2n) is 4.13. The summed E-state index contributed by atoms with van der Waals surface area (Å²) in [6.45, 7) is 0. The molecule has 104 valence electrons. The van der Waals surface area contributed by atoms with Crippen molar-refractivity contribution in [2.45, 2.75) is 6.10 Å². The highest BCUT2D eigenvalue weighted by Crippen LogP contribution is 2.22. The van der Waals surface area contributed by atoms with Crippen molar-refractivity contribution in [3.63, 3.8) is 0 Å². The lowest BCUT2D eigenvalue weighted by Gasteiger charge is -2.11. The normalized spacial score (nSPS) is 11.2. The van der Waals surface area contributed by atoms with Crippen LogP contribution in [-0.2, 0) is 4.74 Å². The van der Waals surface area contributed by atoms with Crippen LogP contribution in [0.4, 0.5) is 5.69 Å². The van der Waals surface area contributed by atoms with E-state index in [0.717, 1.165) is 0 Å². The van der Waals surface area contributed by atoms with E-state index in [9.17, 15) is 14.9 Å². The topological polar surface area (TPSA) is 93.2 Å². The number of carbonyl (C=O) groups excluding carboxylic acids is 1. The van der Waals surface area contributed by atoms with Crippen molar-refractivity contribution in [1.29, 1.82) is 5.26 Å². The maximum Gasteiger partial charge on any atom is 0.339 e. The van der Waals surface area contributed by atoms with E-state index in [1.807, 2.05) is 6.07 Å². The molecule has 0 spiro atoms. The molecule has 0 aliphatic rings. The Bertz CT molecular complexity index is 707. The van der Waals surface area contributed by atoms with Crippen LogP contribution in [0, 0.1) is 21.4 Å². The molecule has 0 N–H and O–H groups in total. The van der Waals surface area contributed by atoms with Crippen LogP contribution in [0.2, 0.25) is 0 Å². The van der Waals surface area contributed by atoms with Crippen LogP contribution >= 0.6 is 0 Å². The summed E-state index contributed by atoms with van der Waals surface area (Å²) in [4.78, 5) is 22.0. The Morgan fingerprint density at radius 1 is 1.19 bits per heavy atom. The number of nitro benzene ring substituents is 1. The summed E-state index contributed by atoms with van der Waals surface area (Å²) >= 11 is 0.